The van der Waals surface area contributed by atoms with Crippen LogP contribution in [-0.2, 0) is 0 Å². The van der Waals surface area contributed by atoms with Gasteiger partial charge < -0.3 is 8.83 Å². The monoisotopic (exact) mass is 612 g/mol. The van der Waals surface area contributed by atoms with E-state index in [2.05, 4.69) is 133 Å². The van der Waals surface area contributed by atoms with Gasteiger partial charge in [0.05, 0.1) is 0 Å². The van der Waals surface area contributed by atoms with Gasteiger partial charge in [-0.05, 0) is 61.5 Å². The zero-order valence-electron chi connectivity index (χ0n) is 26.0. The smallest absolute Gasteiger partial charge is 0.139 e. The molecule has 10 rings (SSSR count). The van der Waals surface area contributed by atoms with Crippen LogP contribution in [0.5, 0.6) is 0 Å². The van der Waals surface area contributed by atoms with Crippen LogP contribution in [0.3, 0.4) is 0 Å². The number of furan rings is 2. The second kappa shape index (κ2) is 10.6. The summed E-state index contributed by atoms with van der Waals surface area (Å²) in [5.41, 5.74) is 10.7. The summed E-state index contributed by atoms with van der Waals surface area (Å²) in [6, 6.07) is 60.2. The number of benzene rings is 8. The lowest BCUT2D eigenvalue weighted by Crippen LogP contribution is -1.91. The van der Waals surface area contributed by atoms with E-state index in [1.807, 2.05) is 36.4 Å². The Morgan fingerprint density at radius 3 is 1.31 bits per heavy atom. The Morgan fingerprint density at radius 1 is 0.271 bits per heavy atom. The minimum atomic E-state index is 0.813. The van der Waals surface area contributed by atoms with E-state index < -0.39 is 0 Å². The molecule has 2 aromatic heterocycles. The van der Waals surface area contributed by atoms with Crippen molar-refractivity contribution in [1.82, 2.24) is 0 Å². The summed E-state index contributed by atoms with van der Waals surface area (Å²) < 4.78 is 12.9. The first kappa shape index (κ1) is 26.8. The standard InChI is InChI=1S/C46H28O2/c1-3-13-29(14-4-1)40-27-38-41(48-40)28-42-46(37-21-11-12-22-39(37)47-42)45(38)32-25-23-31(24-26-32)44-35-19-9-7-17-33(35)43(30-15-5-2-6-16-30)34-18-8-10-20-36(34)44/h1-28H. The SMILES string of the molecule is c1ccc(-c2cc3c(-c4ccc(-c5c6ccccc6c(-c6ccccc6)c6ccccc56)cc4)c4c(cc3o2)oc2ccccc24)cc1. The van der Waals surface area contributed by atoms with Crippen molar-refractivity contribution in [1.29, 1.82) is 0 Å². The molecule has 0 unspecified atom stereocenters. The summed E-state index contributed by atoms with van der Waals surface area (Å²) in [6.45, 7) is 0. The predicted octanol–water partition coefficient (Wildman–Crippen LogP) is 13.3. The van der Waals surface area contributed by atoms with Crippen LogP contribution < -0.4 is 0 Å². The summed E-state index contributed by atoms with van der Waals surface area (Å²) in [7, 11) is 0. The molecule has 0 N–H and O–H groups in total. The molecule has 0 atom stereocenters. The molecule has 224 valence electrons. The first-order valence-electron chi connectivity index (χ1n) is 16.3. The molecule has 8 aromatic carbocycles. The Bertz CT molecular complexity index is 2750. The number of rotatable bonds is 4. The van der Waals surface area contributed by atoms with Gasteiger partial charge in [0.1, 0.15) is 22.5 Å². The molecule has 0 fully saturated rings. The van der Waals surface area contributed by atoms with Gasteiger partial charge >= 0.3 is 0 Å². The van der Waals surface area contributed by atoms with E-state index in [9.17, 15) is 0 Å². The van der Waals surface area contributed by atoms with Crippen molar-refractivity contribution in [2.75, 3.05) is 0 Å². The highest BCUT2D eigenvalue weighted by atomic mass is 16.3. The Labute approximate surface area is 277 Å². The average molecular weight is 613 g/mol. The summed E-state index contributed by atoms with van der Waals surface area (Å²) in [5.74, 6) is 0.844. The maximum atomic E-state index is 6.50. The maximum Gasteiger partial charge on any atom is 0.139 e. The van der Waals surface area contributed by atoms with Gasteiger partial charge in [0.25, 0.3) is 0 Å². The summed E-state index contributed by atoms with van der Waals surface area (Å²) in [6.07, 6.45) is 0. The van der Waals surface area contributed by atoms with E-state index in [4.69, 9.17) is 8.83 Å². The molecular weight excluding hydrogens is 585 g/mol. The topological polar surface area (TPSA) is 26.3 Å². The normalized spacial score (nSPS) is 11.8. The molecule has 0 amide bonds. The third kappa shape index (κ3) is 4.06. The van der Waals surface area contributed by atoms with E-state index >= 15 is 0 Å². The fourth-order valence-corrected chi connectivity index (χ4v) is 7.59. The second-order valence-electron chi connectivity index (χ2n) is 12.4. The highest BCUT2D eigenvalue weighted by molar-refractivity contribution is 6.22. The summed E-state index contributed by atoms with van der Waals surface area (Å²) in [5, 5.41) is 8.28. The lowest BCUT2D eigenvalue weighted by molar-refractivity contribution is 0.628. The fraction of sp³-hybridized carbons (Fsp3) is 0. The Hall–Kier alpha value is -6.38. The van der Waals surface area contributed by atoms with Crippen LogP contribution in [0.2, 0.25) is 0 Å². The molecule has 48 heavy (non-hydrogen) atoms. The minimum absolute atomic E-state index is 0.813. The average Bonchev–Trinajstić information content (AvgIpc) is 3.75. The Balaban J connectivity index is 1.22. The molecule has 0 aliphatic carbocycles. The molecule has 0 saturated carbocycles. The molecule has 0 bridgehead atoms. The van der Waals surface area contributed by atoms with Crippen LogP contribution in [-0.4, -0.2) is 0 Å². The molecule has 10 aromatic rings. The summed E-state index contributed by atoms with van der Waals surface area (Å²) in [4.78, 5) is 0. The highest BCUT2D eigenvalue weighted by Crippen LogP contribution is 2.46. The Kier molecular flexibility index (Phi) is 5.91. The van der Waals surface area contributed by atoms with Gasteiger partial charge in [-0.1, -0.05) is 152 Å². The van der Waals surface area contributed by atoms with Crippen molar-refractivity contribution in [3.8, 4) is 44.7 Å². The van der Waals surface area contributed by atoms with Crippen molar-refractivity contribution in [2.45, 2.75) is 0 Å². The second-order valence-corrected chi connectivity index (χ2v) is 12.4. The lowest BCUT2D eigenvalue weighted by Gasteiger charge is -2.18. The molecule has 2 heterocycles. The first-order chi connectivity index (χ1) is 23.8. The van der Waals surface area contributed by atoms with Crippen LogP contribution in [0.1, 0.15) is 0 Å². The van der Waals surface area contributed by atoms with Crippen molar-refractivity contribution in [2.24, 2.45) is 0 Å². The van der Waals surface area contributed by atoms with Crippen LogP contribution in [0.4, 0.5) is 0 Å². The zero-order valence-corrected chi connectivity index (χ0v) is 26.0. The molecular formula is C46H28O2. The summed E-state index contributed by atoms with van der Waals surface area (Å²) >= 11 is 0. The van der Waals surface area contributed by atoms with Gasteiger partial charge in [-0.15, -0.1) is 0 Å². The number of fused-ring (bicyclic) bond motifs is 6. The third-order valence-corrected chi connectivity index (χ3v) is 9.68. The van der Waals surface area contributed by atoms with Gasteiger partial charge in [0, 0.05) is 33.4 Å². The third-order valence-electron chi connectivity index (χ3n) is 9.68. The van der Waals surface area contributed by atoms with Gasteiger partial charge in [0.2, 0.25) is 0 Å². The predicted molar refractivity (Wildman–Crippen MR) is 200 cm³/mol. The van der Waals surface area contributed by atoms with Gasteiger partial charge in [-0.3, -0.25) is 0 Å². The van der Waals surface area contributed by atoms with Crippen LogP contribution in [0.25, 0.3) is 99.2 Å². The highest BCUT2D eigenvalue weighted by Gasteiger charge is 2.21. The van der Waals surface area contributed by atoms with Crippen LogP contribution in [0.15, 0.2) is 179 Å². The van der Waals surface area contributed by atoms with Gasteiger partial charge in [-0.2, -0.15) is 0 Å². The van der Waals surface area contributed by atoms with E-state index in [0.717, 1.165) is 55.4 Å². The van der Waals surface area contributed by atoms with Crippen LogP contribution >= 0.6 is 0 Å². The van der Waals surface area contributed by atoms with Gasteiger partial charge in [-0.25, -0.2) is 0 Å². The molecule has 0 saturated heterocycles. The largest absolute Gasteiger partial charge is 0.456 e. The quantitative estimate of drug-likeness (QED) is 0.185. The van der Waals surface area contributed by atoms with Crippen molar-refractivity contribution in [3.05, 3.63) is 170 Å². The van der Waals surface area contributed by atoms with E-state index in [0.29, 0.717) is 0 Å². The van der Waals surface area contributed by atoms with Crippen molar-refractivity contribution < 1.29 is 8.83 Å². The number of hydrogen-bond acceptors (Lipinski definition) is 2. The molecule has 0 spiro atoms. The molecule has 2 heteroatoms. The Morgan fingerprint density at radius 2 is 0.729 bits per heavy atom. The number of para-hydroxylation sites is 1. The molecule has 0 radical (unpaired) electrons. The number of hydrogen-bond donors (Lipinski definition) is 0. The minimum Gasteiger partial charge on any atom is -0.456 e. The molecule has 0 aliphatic heterocycles. The van der Waals surface area contributed by atoms with Crippen molar-refractivity contribution in [3.63, 3.8) is 0 Å². The van der Waals surface area contributed by atoms with Crippen molar-refractivity contribution >= 4 is 54.5 Å². The molecule has 0 aliphatic rings. The maximum absolute atomic E-state index is 6.50. The van der Waals surface area contributed by atoms with E-state index in [1.165, 1.54) is 43.8 Å². The lowest BCUT2D eigenvalue weighted by atomic mass is 9.85. The van der Waals surface area contributed by atoms with Crippen LogP contribution in [0, 0.1) is 0 Å². The first-order valence-corrected chi connectivity index (χ1v) is 16.3. The fourth-order valence-electron chi connectivity index (χ4n) is 7.59. The zero-order chi connectivity index (χ0) is 31.6. The van der Waals surface area contributed by atoms with E-state index in [1.54, 1.807) is 0 Å². The van der Waals surface area contributed by atoms with Gasteiger partial charge in [0.15, 0.2) is 0 Å². The van der Waals surface area contributed by atoms with E-state index in [-0.39, 0.29) is 0 Å². The molecule has 2 nitrogen and oxygen atoms in total.